The van der Waals surface area contributed by atoms with Crippen molar-refractivity contribution in [1.82, 2.24) is 9.88 Å². The van der Waals surface area contributed by atoms with E-state index in [9.17, 15) is 9.59 Å². The van der Waals surface area contributed by atoms with Crippen LogP contribution in [0.2, 0.25) is 0 Å². The molecule has 1 aromatic heterocycles. The standard InChI is InChI=1S/C11H23NO.C10H14N4O/c1-2-3-4-5-6-7-8-9-10-11(12)13;11-10-2-1-9(7-12-10)14-5-3-13(8-15)4-6-14/h2-10H2,1H3,(H2,12,13);1-2,7-8H,3-6H2,(H2,11,12). The molecule has 0 unspecified atom stereocenters. The van der Waals surface area contributed by atoms with E-state index in [1.54, 1.807) is 17.2 Å². The van der Waals surface area contributed by atoms with Crippen LogP contribution in [0.5, 0.6) is 0 Å². The van der Waals surface area contributed by atoms with Crippen LogP contribution in [0.25, 0.3) is 0 Å². The Morgan fingerprint density at radius 2 is 1.64 bits per heavy atom. The number of pyridine rings is 1. The lowest BCUT2D eigenvalue weighted by Crippen LogP contribution is -2.45. The maximum Gasteiger partial charge on any atom is 0.217 e. The number of nitrogens with two attached hydrogens (primary N) is 2. The molecule has 2 heterocycles. The van der Waals surface area contributed by atoms with E-state index in [2.05, 4.69) is 16.8 Å². The van der Waals surface area contributed by atoms with E-state index in [0.717, 1.165) is 51.1 Å². The predicted molar refractivity (Wildman–Crippen MR) is 115 cm³/mol. The largest absolute Gasteiger partial charge is 0.384 e. The molecule has 0 bridgehead atoms. The SMILES string of the molecule is CCCCCCCCCCC(N)=O.Nc1ccc(N2CCN(C=O)CC2)cn1. The van der Waals surface area contributed by atoms with Crippen LogP contribution in [-0.2, 0) is 9.59 Å². The number of nitrogens with zero attached hydrogens (tertiary/aromatic N) is 3. The van der Waals surface area contributed by atoms with Crippen molar-refractivity contribution in [1.29, 1.82) is 0 Å². The van der Waals surface area contributed by atoms with Crippen molar-refractivity contribution in [2.24, 2.45) is 5.73 Å². The summed E-state index contributed by atoms with van der Waals surface area (Å²) in [5, 5.41) is 0. The Labute approximate surface area is 169 Å². The third kappa shape index (κ3) is 10.7. The van der Waals surface area contributed by atoms with Crippen molar-refractivity contribution in [2.45, 2.75) is 64.7 Å². The Balaban J connectivity index is 0.000000284. The molecule has 7 heteroatoms. The van der Waals surface area contributed by atoms with Gasteiger partial charge in [-0.1, -0.05) is 51.9 Å². The lowest BCUT2D eigenvalue weighted by atomic mass is 10.1. The first-order chi connectivity index (χ1) is 13.6. The summed E-state index contributed by atoms with van der Waals surface area (Å²) >= 11 is 0. The minimum atomic E-state index is -0.161. The van der Waals surface area contributed by atoms with Gasteiger partial charge in [0, 0.05) is 32.6 Å². The molecule has 0 aromatic carbocycles. The molecule has 1 aliphatic heterocycles. The Kier molecular flexibility index (Phi) is 12.5. The minimum Gasteiger partial charge on any atom is -0.384 e. The van der Waals surface area contributed by atoms with Gasteiger partial charge in [-0.05, 0) is 18.6 Å². The fourth-order valence-electron chi connectivity index (χ4n) is 3.10. The minimum absolute atomic E-state index is 0.161. The van der Waals surface area contributed by atoms with Gasteiger partial charge in [0.25, 0.3) is 0 Å². The highest BCUT2D eigenvalue weighted by molar-refractivity contribution is 5.73. The van der Waals surface area contributed by atoms with Gasteiger partial charge in [0.1, 0.15) is 5.82 Å². The fourth-order valence-corrected chi connectivity index (χ4v) is 3.10. The van der Waals surface area contributed by atoms with Gasteiger partial charge in [0.05, 0.1) is 11.9 Å². The van der Waals surface area contributed by atoms with Gasteiger partial charge in [-0.3, -0.25) is 9.59 Å². The molecule has 1 aromatic rings. The van der Waals surface area contributed by atoms with Gasteiger partial charge >= 0.3 is 0 Å². The van der Waals surface area contributed by atoms with Crippen molar-refractivity contribution in [3.8, 4) is 0 Å². The van der Waals surface area contributed by atoms with Crippen molar-refractivity contribution < 1.29 is 9.59 Å². The van der Waals surface area contributed by atoms with E-state index in [4.69, 9.17) is 11.5 Å². The lowest BCUT2D eigenvalue weighted by Gasteiger charge is -2.33. The average Bonchev–Trinajstić information content (AvgIpc) is 2.71. The van der Waals surface area contributed by atoms with E-state index >= 15 is 0 Å². The Morgan fingerprint density at radius 1 is 1.04 bits per heavy atom. The van der Waals surface area contributed by atoms with Gasteiger partial charge < -0.3 is 21.3 Å². The summed E-state index contributed by atoms with van der Waals surface area (Å²) in [5.74, 6) is 0.372. The van der Waals surface area contributed by atoms with Crippen LogP contribution in [0.1, 0.15) is 64.7 Å². The van der Waals surface area contributed by atoms with Gasteiger partial charge in [-0.25, -0.2) is 4.98 Å². The van der Waals surface area contributed by atoms with Crippen LogP contribution >= 0.6 is 0 Å². The van der Waals surface area contributed by atoms with Crippen LogP contribution in [0.3, 0.4) is 0 Å². The third-order valence-corrected chi connectivity index (χ3v) is 4.88. The molecule has 1 aliphatic rings. The van der Waals surface area contributed by atoms with Crippen molar-refractivity contribution in [2.75, 3.05) is 36.8 Å². The number of amides is 2. The fraction of sp³-hybridized carbons (Fsp3) is 0.667. The first-order valence-corrected chi connectivity index (χ1v) is 10.5. The monoisotopic (exact) mass is 391 g/mol. The smallest absolute Gasteiger partial charge is 0.217 e. The van der Waals surface area contributed by atoms with E-state index in [1.807, 2.05) is 6.07 Å². The average molecular weight is 392 g/mol. The molecule has 4 N–H and O–H groups in total. The second kappa shape index (κ2) is 14.7. The number of anilines is 2. The predicted octanol–water partition coefficient (Wildman–Crippen LogP) is 2.94. The molecule has 28 heavy (non-hydrogen) atoms. The molecule has 2 rings (SSSR count). The maximum atomic E-state index is 10.5. The summed E-state index contributed by atoms with van der Waals surface area (Å²) in [4.78, 5) is 28.9. The van der Waals surface area contributed by atoms with Crippen molar-refractivity contribution in [3.05, 3.63) is 18.3 Å². The zero-order valence-electron chi connectivity index (χ0n) is 17.3. The molecule has 2 amide bonds. The number of hydrogen-bond acceptors (Lipinski definition) is 5. The van der Waals surface area contributed by atoms with Crippen LogP contribution in [0, 0.1) is 0 Å². The second-order valence-corrected chi connectivity index (χ2v) is 7.26. The molecule has 1 saturated heterocycles. The number of carbonyl (C=O) groups excluding carboxylic acids is 2. The molecular weight excluding hydrogens is 354 g/mol. The number of aromatic nitrogens is 1. The molecular formula is C21H37N5O2. The summed E-state index contributed by atoms with van der Waals surface area (Å²) in [6, 6.07) is 3.75. The highest BCUT2D eigenvalue weighted by atomic mass is 16.1. The van der Waals surface area contributed by atoms with Gasteiger partial charge in [0.15, 0.2) is 0 Å². The number of piperazine rings is 1. The van der Waals surface area contributed by atoms with Gasteiger partial charge in [-0.2, -0.15) is 0 Å². The summed E-state index contributed by atoms with van der Waals surface area (Å²) in [5.41, 5.74) is 11.6. The molecule has 158 valence electrons. The zero-order chi connectivity index (χ0) is 20.6. The molecule has 7 nitrogen and oxygen atoms in total. The molecule has 0 radical (unpaired) electrons. The summed E-state index contributed by atoms with van der Waals surface area (Å²) in [6.45, 7) is 5.48. The third-order valence-electron chi connectivity index (χ3n) is 4.88. The van der Waals surface area contributed by atoms with E-state index in [0.29, 0.717) is 12.2 Å². The number of carbonyl (C=O) groups is 2. The Morgan fingerprint density at radius 3 is 2.14 bits per heavy atom. The Hall–Kier alpha value is -2.31. The number of unbranched alkanes of at least 4 members (excludes halogenated alkanes) is 7. The van der Waals surface area contributed by atoms with Gasteiger partial charge in [0.2, 0.25) is 12.3 Å². The quantitative estimate of drug-likeness (QED) is 0.446. The van der Waals surface area contributed by atoms with E-state index < -0.39 is 0 Å². The normalized spacial score (nSPS) is 13.6. The van der Waals surface area contributed by atoms with Crippen LogP contribution < -0.4 is 16.4 Å². The van der Waals surface area contributed by atoms with Gasteiger partial charge in [-0.15, -0.1) is 0 Å². The molecule has 0 aliphatic carbocycles. The summed E-state index contributed by atoms with van der Waals surface area (Å²) in [6.07, 6.45) is 13.3. The number of hydrogen-bond donors (Lipinski definition) is 2. The molecule has 0 spiro atoms. The molecule has 0 atom stereocenters. The number of rotatable bonds is 11. The Bertz CT molecular complexity index is 542. The van der Waals surface area contributed by atoms with E-state index in [1.165, 1.54) is 38.5 Å². The first-order valence-electron chi connectivity index (χ1n) is 10.5. The van der Waals surface area contributed by atoms with Crippen LogP contribution in [-0.4, -0.2) is 48.4 Å². The van der Waals surface area contributed by atoms with E-state index in [-0.39, 0.29) is 5.91 Å². The zero-order valence-corrected chi connectivity index (χ0v) is 17.3. The maximum absolute atomic E-state index is 10.5. The second-order valence-electron chi connectivity index (χ2n) is 7.26. The number of nitrogen functional groups attached to an aromatic ring is 1. The van der Waals surface area contributed by atoms with Crippen LogP contribution in [0.15, 0.2) is 18.3 Å². The number of primary amides is 1. The lowest BCUT2D eigenvalue weighted by molar-refractivity contribution is -0.119. The van der Waals surface area contributed by atoms with Crippen molar-refractivity contribution >= 4 is 23.8 Å². The highest BCUT2D eigenvalue weighted by Crippen LogP contribution is 2.15. The summed E-state index contributed by atoms with van der Waals surface area (Å²) < 4.78 is 0. The van der Waals surface area contributed by atoms with Crippen molar-refractivity contribution in [3.63, 3.8) is 0 Å². The molecule has 1 fully saturated rings. The highest BCUT2D eigenvalue weighted by Gasteiger charge is 2.15. The first kappa shape index (κ1) is 23.7. The molecule has 0 saturated carbocycles. The van der Waals surface area contributed by atoms with Crippen LogP contribution in [0.4, 0.5) is 11.5 Å². The topological polar surface area (TPSA) is 106 Å². The summed E-state index contributed by atoms with van der Waals surface area (Å²) in [7, 11) is 0.